The van der Waals surface area contributed by atoms with E-state index >= 15 is 0 Å². The van der Waals surface area contributed by atoms with Crippen molar-refractivity contribution < 1.29 is 13.0 Å². The summed E-state index contributed by atoms with van der Waals surface area (Å²) in [4.78, 5) is 0.298. The smallest absolute Gasteiger partial charge is 0.235 e. The number of fused-ring (bicyclic) bond motifs is 1. The van der Waals surface area contributed by atoms with Crippen LogP contribution in [-0.4, -0.2) is 12.4 Å². The van der Waals surface area contributed by atoms with E-state index in [1.165, 1.54) is 3.97 Å². The fraction of sp³-hybridized carbons (Fsp3) is 0.133. The summed E-state index contributed by atoms with van der Waals surface area (Å²) in [5, 5.41) is 0.902. The van der Waals surface area contributed by atoms with Crippen LogP contribution in [0.15, 0.2) is 59.9 Å². The SMILES string of the molecule is Cc1ccc(S(=O)(=O)n2ccc3cc[n+](C)cc32)cc1. The molecule has 0 bridgehead atoms. The van der Waals surface area contributed by atoms with Gasteiger partial charge < -0.3 is 0 Å². The molecule has 0 aliphatic heterocycles. The van der Waals surface area contributed by atoms with Gasteiger partial charge in [-0.3, -0.25) is 0 Å². The minimum atomic E-state index is -3.55. The van der Waals surface area contributed by atoms with E-state index in [4.69, 9.17) is 0 Å². The Hall–Kier alpha value is -2.14. The summed E-state index contributed by atoms with van der Waals surface area (Å²) in [7, 11) is -1.68. The number of aromatic nitrogens is 2. The normalized spacial score (nSPS) is 11.9. The highest BCUT2D eigenvalue weighted by atomic mass is 32.2. The molecule has 4 nitrogen and oxygen atoms in total. The molecule has 20 heavy (non-hydrogen) atoms. The fourth-order valence-corrected chi connectivity index (χ4v) is 3.52. The van der Waals surface area contributed by atoms with Crippen LogP contribution in [0.1, 0.15) is 5.56 Å². The second kappa shape index (κ2) is 4.45. The lowest BCUT2D eigenvalue weighted by atomic mass is 10.2. The van der Waals surface area contributed by atoms with Crippen molar-refractivity contribution in [3.63, 3.8) is 0 Å². The van der Waals surface area contributed by atoms with Crippen molar-refractivity contribution in [2.24, 2.45) is 7.05 Å². The van der Waals surface area contributed by atoms with Gasteiger partial charge in [-0.25, -0.2) is 17.0 Å². The Morgan fingerprint density at radius 1 is 1.05 bits per heavy atom. The number of aryl methyl sites for hydroxylation is 2. The molecule has 0 spiro atoms. The maximum atomic E-state index is 12.7. The topological polar surface area (TPSA) is 43.0 Å². The van der Waals surface area contributed by atoms with Crippen LogP contribution < -0.4 is 4.57 Å². The molecule has 0 unspecified atom stereocenters. The van der Waals surface area contributed by atoms with Crippen LogP contribution in [0.5, 0.6) is 0 Å². The van der Waals surface area contributed by atoms with E-state index in [-0.39, 0.29) is 0 Å². The Labute approximate surface area is 118 Å². The number of pyridine rings is 1. The number of hydrogen-bond donors (Lipinski definition) is 0. The van der Waals surface area contributed by atoms with E-state index in [1.54, 1.807) is 42.7 Å². The number of hydrogen-bond acceptors (Lipinski definition) is 2. The van der Waals surface area contributed by atoms with E-state index in [0.29, 0.717) is 10.4 Å². The molecule has 0 saturated heterocycles. The molecular weight excluding hydrogens is 272 g/mol. The van der Waals surface area contributed by atoms with Crippen LogP contribution in [0.2, 0.25) is 0 Å². The van der Waals surface area contributed by atoms with Gasteiger partial charge in [0.05, 0.1) is 4.90 Å². The van der Waals surface area contributed by atoms with E-state index < -0.39 is 10.0 Å². The Balaban J connectivity index is 2.23. The van der Waals surface area contributed by atoms with Crippen molar-refractivity contribution in [3.8, 4) is 0 Å². The van der Waals surface area contributed by atoms with Crippen molar-refractivity contribution in [1.82, 2.24) is 3.97 Å². The predicted molar refractivity (Wildman–Crippen MR) is 76.9 cm³/mol. The first-order valence-corrected chi connectivity index (χ1v) is 7.71. The molecular formula is C15H15N2O2S+. The van der Waals surface area contributed by atoms with Gasteiger partial charge in [-0.15, -0.1) is 0 Å². The van der Waals surface area contributed by atoms with Gasteiger partial charge in [0.15, 0.2) is 12.4 Å². The van der Waals surface area contributed by atoms with E-state index in [1.807, 2.05) is 30.8 Å². The lowest BCUT2D eigenvalue weighted by Crippen LogP contribution is -2.26. The maximum absolute atomic E-state index is 12.7. The molecule has 5 heteroatoms. The largest absolute Gasteiger partial charge is 0.268 e. The first kappa shape index (κ1) is 12.9. The summed E-state index contributed by atoms with van der Waals surface area (Å²) < 4.78 is 28.5. The fourth-order valence-electron chi connectivity index (χ4n) is 2.18. The molecule has 0 saturated carbocycles. The standard InChI is InChI=1S/C15H15N2O2S/c1-12-3-5-14(6-4-12)20(18,19)17-10-8-13-7-9-16(2)11-15(13)17/h3-11H,1-2H3/q+1. The first-order chi connectivity index (χ1) is 9.48. The molecule has 0 radical (unpaired) electrons. The minimum absolute atomic E-state index is 0.298. The second-order valence-electron chi connectivity index (χ2n) is 4.88. The van der Waals surface area contributed by atoms with Gasteiger partial charge in [0.25, 0.3) is 10.0 Å². The summed E-state index contributed by atoms with van der Waals surface area (Å²) in [6, 6.07) is 10.6. The van der Waals surface area contributed by atoms with E-state index in [2.05, 4.69) is 0 Å². The summed E-state index contributed by atoms with van der Waals surface area (Å²) in [6.45, 7) is 1.93. The van der Waals surface area contributed by atoms with Crippen LogP contribution in [0.3, 0.4) is 0 Å². The highest BCUT2D eigenvalue weighted by molar-refractivity contribution is 7.90. The van der Waals surface area contributed by atoms with Crippen molar-refractivity contribution in [3.05, 3.63) is 60.6 Å². The van der Waals surface area contributed by atoms with Gasteiger partial charge >= 0.3 is 0 Å². The molecule has 3 rings (SSSR count). The third-order valence-corrected chi connectivity index (χ3v) is 5.02. The van der Waals surface area contributed by atoms with Gasteiger partial charge in [0, 0.05) is 17.6 Å². The van der Waals surface area contributed by atoms with E-state index in [0.717, 1.165) is 10.9 Å². The van der Waals surface area contributed by atoms with Crippen LogP contribution in [0, 0.1) is 6.92 Å². The molecule has 2 aromatic heterocycles. The summed E-state index contributed by atoms with van der Waals surface area (Å²) in [5.74, 6) is 0. The molecule has 0 N–H and O–H groups in total. The van der Waals surface area contributed by atoms with Crippen LogP contribution >= 0.6 is 0 Å². The van der Waals surface area contributed by atoms with Gasteiger partial charge in [-0.1, -0.05) is 17.7 Å². The third-order valence-electron chi connectivity index (χ3n) is 3.32. The van der Waals surface area contributed by atoms with Crippen molar-refractivity contribution in [1.29, 1.82) is 0 Å². The summed E-state index contributed by atoms with van der Waals surface area (Å²) >= 11 is 0. The molecule has 0 aliphatic rings. The van der Waals surface area contributed by atoms with E-state index in [9.17, 15) is 8.42 Å². The summed E-state index contributed by atoms with van der Waals surface area (Å²) in [5.41, 5.74) is 1.71. The molecule has 0 atom stereocenters. The molecule has 0 aliphatic carbocycles. The highest BCUT2D eigenvalue weighted by Gasteiger charge is 2.19. The maximum Gasteiger partial charge on any atom is 0.268 e. The zero-order valence-electron chi connectivity index (χ0n) is 11.3. The molecule has 1 aromatic carbocycles. The zero-order chi connectivity index (χ0) is 14.3. The molecule has 0 amide bonds. The number of benzene rings is 1. The van der Waals surface area contributed by atoms with Crippen LogP contribution in [-0.2, 0) is 17.1 Å². The lowest BCUT2D eigenvalue weighted by molar-refractivity contribution is -0.670. The van der Waals surface area contributed by atoms with Gasteiger partial charge in [-0.05, 0) is 25.1 Å². The second-order valence-corrected chi connectivity index (χ2v) is 6.70. The third kappa shape index (κ3) is 2.00. The average molecular weight is 287 g/mol. The molecule has 0 fully saturated rings. The molecule has 3 aromatic rings. The van der Waals surface area contributed by atoms with Crippen molar-refractivity contribution in [2.75, 3.05) is 0 Å². The van der Waals surface area contributed by atoms with Crippen molar-refractivity contribution >= 4 is 20.9 Å². The number of rotatable bonds is 2. The van der Waals surface area contributed by atoms with Gasteiger partial charge in [0.1, 0.15) is 12.6 Å². The molecule has 2 heterocycles. The quantitative estimate of drug-likeness (QED) is 0.677. The van der Waals surface area contributed by atoms with Crippen LogP contribution in [0.4, 0.5) is 0 Å². The summed E-state index contributed by atoms with van der Waals surface area (Å²) in [6.07, 6.45) is 5.30. The van der Waals surface area contributed by atoms with Gasteiger partial charge in [0.2, 0.25) is 0 Å². The Kier molecular flexibility index (Phi) is 2.87. The Morgan fingerprint density at radius 2 is 1.75 bits per heavy atom. The zero-order valence-corrected chi connectivity index (χ0v) is 12.1. The minimum Gasteiger partial charge on any atom is -0.235 e. The Morgan fingerprint density at radius 3 is 2.45 bits per heavy atom. The van der Waals surface area contributed by atoms with Crippen LogP contribution in [0.25, 0.3) is 10.9 Å². The number of nitrogens with zero attached hydrogens (tertiary/aromatic N) is 2. The lowest BCUT2D eigenvalue weighted by Gasteiger charge is -2.07. The molecule has 102 valence electrons. The highest BCUT2D eigenvalue weighted by Crippen LogP contribution is 2.21. The average Bonchev–Trinajstić information content (AvgIpc) is 2.82. The predicted octanol–water partition coefficient (Wildman–Crippen LogP) is 2.01. The first-order valence-electron chi connectivity index (χ1n) is 6.27. The van der Waals surface area contributed by atoms with Gasteiger partial charge in [-0.2, -0.15) is 0 Å². The Bertz CT molecular complexity index is 878. The monoisotopic (exact) mass is 287 g/mol. The van der Waals surface area contributed by atoms with Crippen molar-refractivity contribution in [2.45, 2.75) is 11.8 Å².